The fraction of sp³-hybridized carbons (Fsp3) is 0.320. The van der Waals surface area contributed by atoms with E-state index in [1.807, 2.05) is 30.3 Å². The van der Waals surface area contributed by atoms with E-state index in [-0.39, 0.29) is 29.3 Å². The molecule has 0 radical (unpaired) electrons. The second-order valence-electron chi connectivity index (χ2n) is 8.29. The van der Waals surface area contributed by atoms with Gasteiger partial charge in [-0.3, -0.25) is 14.3 Å². The number of anilines is 1. The third-order valence-electron chi connectivity index (χ3n) is 6.00. The van der Waals surface area contributed by atoms with E-state index in [9.17, 15) is 9.59 Å². The number of aromatic nitrogens is 2. The van der Waals surface area contributed by atoms with Gasteiger partial charge in [-0.1, -0.05) is 61.0 Å². The monoisotopic (exact) mass is 450 g/mol. The number of carbonyl (C=O) groups excluding carboxylic acids is 2. The number of hydrogen-bond acceptors (Lipinski definition) is 3. The Kier molecular flexibility index (Phi) is 6.61. The van der Waals surface area contributed by atoms with Crippen LogP contribution in [0.1, 0.15) is 40.9 Å². The largest absolute Gasteiger partial charge is 0.336 e. The van der Waals surface area contributed by atoms with E-state index < -0.39 is 0 Å². The highest BCUT2D eigenvalue weighted by Crippen LogP contribution is 2.32. The number of nitrogens with zero attached hydrogens (tertiary/aromatic N) is 3. The van der Waals surface area contributed by atoms with Gasteiger partial charge in [-0.2, -0.15) is 5.10 Å². The molecule has 0 bridgehead atoms. The van der Waals surface area contributed by atoms with Crippen LogP contribution in [0.5, 0.6) is 0 Å². The minimum absolute atomic E-state index is 0.0487. The summed E-state index contributed by atoms with van der Waals surface area (Å²) in [7, 11) is 1.73. The zero-order valence-electron chi connectivity index (χ0n) is 18.3. The highest BCUT2D eigenvalue weighted by atomic mass is 35.5. The van der Waals surface area contributed by atoms with Crippen LogP contribution in [0, 0.1) is 5.92 Å². The zero-order valence-corrected chi connectivity index (χ0v) is 19.0. The lowest BCUT2D eigenvalue weighted by Gasteiger charge is -2.37. The van der Waals surface area contributed by atoms with Gasteiger partial charge < -0.3 is 10.2 Å². The molecule has 1 saturated heterocycles. The Hall–Kier alpha value is -3.12. The van der Waals surface area contributed by atoms with Crippen LogP contribution in [-0.4, -0.2) is 39.6 Å². The van der Waals surface area contributed by atoms with Crippen LogP contribution in [0.15, 0.2) is 60.8 Å². The van der Waals surface area contributed by atoms with E-state index in [0.29, 0.717) is 24.5 Å². The summed E-state index contributed by atoms with van der Waals surface area (Å²) in [5.41, 5.74) is 3.36. The summed E-state index contributed by atoms with van der Waals surface area (Å²) in [4.78, 5) is 28.1. The minimum atomic E-state index is -0.341. The van der Waals surface area contributed by atoms with Crippen molar-refractivity contribution in [3.8, 4) is 0 Å². The quantitative estimate of drug-likeness (QED) is 0.621. The Bertz CT molecular complexity index is 1090. The number of carbonyl (C=O) groups is 2. The summed E-state index contributed by atoms with van der Waals surface area (Å²) in [6.45, 7) is 2.97. The zero-order chi connectivity index (χ0) is 22.7. The van der Waals surface area contributed by atoms with Crippen molar-refractivity contribution in [1.82, 2.24) is 14.7 Å². The first-order valence-corrected chi connectivity index (χ1v) is 11.3. The summed E-state index contributed by atoms with van der Waals surface area (Å²) in [6.07, 6.45) is 3.25. The number of hydrogen-bond donors (Lipinski definition) is 1. The van der Waals surface area contributed by atoms with E-state index in [2.05, 4.69) is 41.6 Å². The molecular formula is C25H27ClN4O2. The van der Waals surface area contributed by atoms with Crippen molar-refractivity contribution >= 4 is 29.1 Å². The number of benzene rings is 2. The molecule has 1 aliphatic rings. The summed E-state index contributed by atoms with van der Waals surface area (Å²) >= 11 is 6.24. The number of para-hydroxylation sites is 1. The van der Waals surface area contributed by atoms with Gasteiger partial charge in [0.25, 0.3) is 5.91 Å². The molecule has 2 aromatic carbocycles. The Morgan fingerprint density at radius 1 is 1.09 bits per heavy atom. The van der Waals surface area contributed by atoms with Crippen LogP contribution in [0.25, 0.3) is 0 Å². The molecule has 7 heteroatoms. The van der Waals surface area contributed by atoms with E-state index in [1.54, 1.807) is 18.1 Å². The summed E-state index contributed by atoms with van der Waals surface area (Å²) in [6, 6.07) is 17.8. The van der Waals surface area contributed by atoms with Crippen molar-refractivity contribution in [2.75, 3.05) is 18.4 Å². The maximum atomic E-state index is 13.3. The maximum Gasteiger partial charge on any atom is 0.275 e. The van der Waals surface area contributed by atoms with Crippen molar-refractivity contribution in [2.45, 2.75) is 25.7 Å². The van der Waals surface area contributed by atoms with E-state index in [1.165, 1.54) is 10.2 Å². The van der Waals surface area contributed by atoms with Crippen LogP contribution < -0.4 is 5.32 Å². The molecule has 1 aliphatic heterocycles. The van der Waals surface area contributed by atoms with Crippen LogP contribution in [0.2, 0.25) is 5.02 Å². The lowest BCUT2D eigenvalue weighted by atomic mass is 9.83. The number of halogens is 1. The van der Waals surface area contributed by atoms with Gasteiger partial charge in [0.15, 0.2) is 5.69 Å². The molecule has 1 fully saturated rings. The molecule has 1 aromatic heterocycles. The molecule has 3 aromatic rings. The number of aryl methyl sites for hydroxylation is 2. The molecule has 32 heavy (non-hydrogen) atoms. The highest BCUT2D eigenvalue weighted by Gasteiger charge is 2.36. The van der Waals surface area contributed by atoms with Crippen molar-refractivity contribution in [1.29, 1.82) is 0 Å². The maximum absolute atomic E-state index is 13.3. The van der Waals surface area contributed by atoms with Crippen molar-refractivity contribution in [2.24, 2.45) is 13.0 Å². The van der Waals surface area contributed by atoms with Crippen molar-refractivity contribution in [3.05, 3.63) is 82.6 Å². The summed E-state index contributed by atoms with van der Waals surface area (Å²) < 4.78 is 1.53. The normalized spacial score (nSPS) is 18.4. The predicted molar refractivity (Wildman–Crippen MR) is 126 cm³/mol. The smallest absolute Gasteiger partial charge is 0.275 e. The molecule has 2 unspecified atom stereocenters. The standard InChI is InChI=1S/C25H27ClN4O2/c1-3-17-9-11-18(12-10-17)19-13-20(24(31)27-21-7-5-4-6-8-21)15-30(14-19)25(32)23-22(26)16-29(2)28-23/h4-12,16,19-20H,3,13-15H2,1-2H3,(H,27,31). The first-order valence-electron chi connectivity index (χ1n) is 10.9. The topological polar surface area (TPSA) is 67.2 Å². The molecule has 0 aliphatic carbocycles. The molecule has 0 spiro atoms. The molecular weight excluding hydrogens is 424 g/mol. The van der Waals surface area contributed by atoms with Gasteiger partial charge in [-0.25, -0.2) is 0 Å². The third-order valence-corrected chi connectivity index (χ3v) is 6.27. The van der Waals surface area contributed by atoms with Crippen LogP contribution in [0.3, 0.4) is 0 Å². The number of piperidine rings is 1. The number of likely N-dealkylation sites (tertiary alicyclic amines) is 1. The molecule has 0 saturated carbocycles. The van der Waals surface area contributed by atoms with Gasteiger partial charge in [-0.15, -0.1) is 0 Å². The van der Waals surface area contributed by atoms with Crippen LogP contribution in [-0.2, 0) is 18.3 Å². The summed E-state index contributed by atoms with van der Waals surface area (Å²) in [5, 5.41) is 7.55. The fourth-order valence-electron chi connectivity index (χ4n) is 4.24. The molecule has 6 nitrogen and oxygen atoms in total. The fourth-order valence-corrected chi connectivity index (χ4v) is 4.50. The Labute approximate surface area is 193 Å². The average molecular weight is 451 g/mol. The average Bonchev–Trinajstić information content (AvgIpc) is 3.16. The van der Waals surface area contributed by atoms with E-state index >= 15 is 0 Å². The van der Waals surface area contributed by atoms with E-state index in [0.717, 1.165) is 17.7 Å². The number of rotatable bonds is 5. The second kappa shape index (κ2) is 9.57. The van der Waals surface area contributed by atoms with Gasteiger partial charge in [0.05, 0.1) is 10.9 Å². The van der Waals surface area contributed by atoms with Gasteiger partial charge in [0.1, 0.15) is 0 Å². The molecule has 2 heterocycles. The Morgan fingerprint density at radius 3 is 2.44 bits per heavy atom. The lowest BCUT2D eigenvalue weighted by Crippen LogP contribution is -2.47. The highest BCUT2D eigenvalue weighted by molar-refractivity contribution is 6.33. The summed E-state index contributed by atoms with van der Waals surface area (Å²) in [5.74, 6) is -0.627. The molecule has 2 atom stereocenters. The second-order valence-corrected chi connectivity index (χ2v) is 8.70. The number of amides is 2. The van der Waals surface area contributed by atoms with E-state index in [4.69, 9.17) is 11.6 Å². The van der Waals surface area contributed by atoms with Gasteiger partial charge in [0.2, 0.25) is 5.91 Å². The van der Waals surface area contributed by atoms with Gasteiger partial charge in [0, 0.05) is 37.9 Å². The van der Waals surface area contributed by atoms with Gasteiger partial charge >= 0.3 is 0 Å². The molecule has 2 amide bonds. The molecule has 166 valence electrons. The molecule has 4 rings (SSSR count). The Balaban J connectivity index is 1.60. The lowest BCUT2D eigenvalue weighted by molar-refractivity contribution is -0.121. The van der Waals surface area contributed by atoms with Crippen LogP contribution >= 0.6 is 11.6 Å². The third kappa shape index (κ3) is 4.86. The van der Waals surface area contributed by atoms with Crippen molar-refractivity contribution in [3.63, 3.8) is 0 Å². The van der Waals surface area contributed by atoms with Gasteiger partial charge in [-0.05, 0) is 36.1 Å². The van der Waals surface area contributed by atoms with Crippen molar-refractivity contribution < 1.29 is 9.59 Å². The Morgan fingerprint density at radius 2 is 1.81 bits per heavy atom. The minimum Gasteiger partial charge on any atom is -0.336 e. The van der Waals surface area contributed by atoms with Crippen LogP contribution in [0.4, 0.5) is 5.69 Å². The molecule has 1 N–H and O–H groups in total. The first kappa shape index (κ1) is 22.1. The SMILES string of the molecule is CCc1ccc(C2CC(C(=O)Nc3ccccc3)CN(C(=O)c3nn(C)cc3Cl)C2)cc1. The number of nitrogens with one attached hydrogen (secondary N) is 1. The first-order chi connectivity index (χ1) is 15.4. The predicted octanol–water partition coefficient (Wildman–Crippen LogP) is 4.52.